The fraction of sp³-hybridized carbons (Fsp3) is 0.235. The van der Waals surface area contributed by atoms with Crippen molar-refractivity contribution in [2.24, 2.45) is 0 Å². The van der Waals surface area contributed by atoms with Crippen molar-refractivity contribution in [2.75, 3.05) is 12.4 Å². The van der Waals surface area contributed by atoms with Crippen molar-refractivity contribution < 1.29 is 22.7 Å². The molecule has 0 saturated carbocycles. The number of hydrogen-bond donors (Lipinski definition) is 1. The van der Waals surface area contributed by atoms with Crippen LogP contribution >= 0.6 is 0 Å². The smallest absolute Gasteiger partial charge is 0.408 e. The number of alkyl halides is 3. The highest BCUT2D eigenvalue weighted by atomic mass is 19.4. The van der Waals surface area contributed by atoms with Gasteiger partial charge in [0.1, 0.15) is 11.8 Å². The molecule has 0 aromatic heterocycles. The number of methoxy groups -OCH3 is 1. The third-order valence-corrected chi connectivity index (χ3v) is 3.31. The van der Waals surface area contributed by atoms with Crippen LogP contribution in [0.5, 0.6) is 5.75 Å². The predicted octanol–water partition coefficient (Wildman–Crippen LogP) is 4.31. The van der Waals surface area contributed by atoms with Crippen LogP contribution in [0.2, 0.25) is 0 Å². The Labute approximate surface area is 132 Å². The molecule has 0 aliphatic heterocycles. The second-order valence-electron chi connectivity index (χ2n) is 4.96. The van der Waals surface area contributed by atoms with Crippen LogP contribution in [0.15, 0.2) is 54.6 Å². The fourth-order valence-corrected chi connectivity index (χ4v) is 2.06. The fourth-order valence-electron chi connectivity index (χ4n) is 2.06. The van der Waals surface area contributed by atoms with Gasteiger partial charge < -0.3 is 10.1 Å². The first-order chi connectivity index (χ1) is 10.9. The van der Waals surface area contributed by atoms with E-state index < -0.39 is 24.4 Å². The Morgan fingerprint density at radius 2 is 1.70 bits per heavy atom. The second kappa shape index (κ2) is 7.17. The summed E-state index contributed by atoms with van der Waals surface area (Å²) in [6, 6.07) is 12.0. The molecule has 3 nitrogen and oxygen atoms in total. The zero-order chi connectivity index (χ0) is 16.9. The number of benzene rings is 2. The number of rotatable bonds is 6. The summed E-state index contributed by atoms with van der Waals surface area (Å²) in [5.41, 5.74) is 0.535. The van der Waals surface area contributed by atoms with Crippen LogP contribution in [0.3, 0.4) is 0 Å². The SMILES string of the molecule is COc1ccc(NC(CC(=O)c2ccccc2)C(F)(F)F)cc1. The zero-order valence-electron chi connectivity index (χ0n) is 12.4. The van der Waals surface area contributed by atoms with E-state index in [2.05, 4.69) is 5.32 Å². The second-order valence-corrected chi connectivity index (χ2v) is 4.96. The van der Waals surface area contributed by atoms with E-state index in [1.54, 1.807) is 30.3 Å². The maximum absolute atomic E-state index is 13.2. The summed E-state index contributed by atoms with van der Waals surface area (Å²) < 4.78 is 44.5. The molecule has 0 spiro atoms. The molecule has 0 amide bonds. The molecule has 0 radical (unpaired) electrons. The monoisotopic (exact) mass is 323 g/mol. The molecule has 2 aromatic rings. The quantitative estimate of drug-likeness (QED) is 0.805. The zero-order valence-corrected chi connectivity index (χ0v) is 12.4. The minimum absolute atomic E-state index is 0.262. The highest BCUT2D eigenvalue weighted by Crippen LogP contribution is 2.28. The Balaban J connectivity index is 2.12. The van der Waals surface area contributed by atoms with Gasteiger partial charge in [0.25, 0.3) is 0 Å². The third kappa shape index (κ3) is 4.74. The van der Waals surface area contributed by atoms with Gasteiger partial charge in [-0.25, -0.2) is 0 Å². The van der Waals surface area contributed by atoms with Gasteiger partial charge in [0, 0.05) is 17.7 Å². The lowest BCUT2D eigenvalue weighted by Crippen LogP contribution is -2.38. The van der Waals surface area contributed by atoms with Gasteiger partial charge in [-0.05, 0) is 24.3 Å². The molecule has 0 aliphatic carbocycles. The average molecular weight is 323 g/mol. The third-order valence-electron chi connectivity index (χ3n) is 3.31. The van der Waals surface area contributed by atoms with Crippen LogP contribution < -0.4 is 10.1 Å². The lowest BCUT2D eigenvalue weighted by atomic mass is 10.0. The number of ether oxygens (including phenoxy) is 1. The summed E-state index contributed by atoms with van der Waals surface area (Å²) in [4.78, 5) is 12.0. The molecule has 0 heterocycles. The van der Waals surface area contributed by atoms with Crippen molar-refractivity contribution in [3.63, 3.8) is 0 Å². The van der Waals surface area contributed by atoms with Crippen LogP contribution in [-0.4, -0.2) is 25.1 Å². The van der Waals surface area contributed by atoms with Crippen LogP contribution in [-0.2, 0) is 0 Å². The Morgan fingerprint density at radius 3 is 2.22 bits per heavy atom. The van der Waals surface area contributed by atoms with Gasteiger partial charge in [-0.1, -0.05) is 30.3 Å². The van der Waals surface area contributed by atoms with Gasteiger partial charge in [0.05, 0.1) is 7.11 Å². The van der Waals surface area contributed by atoms with Crippen LogP contribution in [0.4, 0.5) is 18.9 Å². The minimum atomic E-state index is -4.54. The standard InChI is InChI=1S/C17H16F3NO2/c1-23-14-9-7-13(8-10-14)21-16(17(18,19)20)11-15(22)12-5-3-2-4-6-12/h2-10,16,21H,11H2,1H3. The number of nitrogens with one attached hydrogen (secondary N) is 1. The number of ketones is 1. The van der Waals surface area contributed by atoms with Crippen molar-refractivity contribution in [1.29, 1.82) is 0 Å². The average Bonchev–Trinajstić information content (AvgIpc) is 2.54. The minimum Gasteiger partial charge on any atom is -0.497 e. The highest BCUT2D eigenvalue weighted by Gasteiger charge is 2.41. The first kappa shape index (κ1) is 16.9. The Hall–Kier alpha value is -2.50. The summed E-state index contributed by atoms with van der Waals surface area (Å²) in [6.45, 7) is 0. The van der Waals surface area contributed by atoms with Crippen molar-refractivity contribution >= 4 is 11.5 Å². The lowest BCUT2D eigenvalue weighted by Gasteiger charge is -2.22. The first-order valence-corrected chi connectivity index (χ1v) is 6.95. The van der Waals surface area contributed by atoms with Gasteiger partial charge in [0.2, 0.25) is 0 Å². The van der Waals surface area contributed by atoms with E-state index in [0.717, 1.165) is 0 Å². The van der Waals surface area contributed by atoms with E-state index in [0.29, 0.717) is 5.75 Å². The van der Waals surface area contributed by atoms with Crippen molar-refractivity contribution in [3.8, 4) is 5.75 Å². The lowest BCUT2D eigenvalue weighted by molar-refractivity contribution is -0.141. The van der Waals surface area contributed by atoms with E-state index in [4.69, 9.17) is 4.74 Å². The number of Topliss-reactive ketones (excluding diaryl/α,β-unsaturated/α-hetero) is 1. The van der Waals surface area contributed by atoms with Gasteiger partial charge in [-0.15, -0.1) is 0 Å². The topological polar surface area (TPSA) is 38.3 Å². The highest BCUT2D eigenvalue weighted by molar-refractivity contribution is 5.96. The summed E-state index contributed by atoms with van der Waals surface area (Å²) in [6.07, 6.45) is -5.20. The van der Waals surface area contributed by atoms with E-state index in [1.807, 2.05) is 0 Å². The molecular weight excluding hydrogens is 307 g/mol. The van der Waals surface area contributed by atoms with E-state index in [9.17, 15) is 18.0 Å². The number of carbonyl (C=O) groups excluding carboxylic acids is 1. The van der Waals surface area contributed by atoms with Gasteiger partial charge >= 0.3 is 6.18 Å². The molecule has 23 heavy (non-hydrogen) atoms. The Kier molecular flexibility index (Phi) is 5.26. The maximum Gasteiger partial charge on any atom is 0.408 e. The molecule has 1 unspecified atom stereocenters. The Bertz CT molecular complexity index is 639. The van der Waals surface area contributed by atoms with Crippen LogP contribution in [0.25, 0.3) is 0 Å². The summed E-state index contributed by atoms with van der Waals surface area (Å²) in [5, 5.41) is 2.37. The van der Waals surface area contributed by atoms with E-state index >= 15 is 0 Å². The van der Waals surface area contributed by atoms with Crippen LogP contribution in [0.1, 0.15) is 16.8 Å². The van der Waals surface area contributed by atoms with Gasteiger partial charge in [-0.2, -0.15) is 13.2 Å². The molecule has 0 aliphatic rings. The maximum atomic E-state index is 13.2. The van der Waals surface area contributed by atoms with Crippen molar-refractivity contribution in [2.45, 2.75) is 18.6 Å². The van der Waals surface area contributed by atoms with Gasteiger partial charge in [0.15, 0.2) is 5.78 Å². The normalized spacial score (nSPS) is 12.5. The summed E-state index contributed by atoms with van der Waals surface area (Å²) in [7, 11) is 1.47. The summed E-state index contributed by atoms with van der Waals surface area (Å²) in [5.74, 6) is -0.0200. The Morgan fingerprint density at radius 1 is 1.09 bits per heavy atom. The molecule has 0 saturated heterocycles. The number of halogens is 3. The summed E-state index contributed by atoms with van der Waals surface area (Å²) >= 11 is 0. The van der Waals surface area contributed by atoms with E-state index in [1.165, 1.54) is 31.4 Å². The molecule has 122 valence electrons. The molecular formula is C17H16F3NO2. The molecule has 0 bridgehead atoms. The van der Waals surface area contributed by atoms with Crippen molar-refractivity contribution in [3.05, 3.63) is 60.2 Å². The molecule has 1 N–H and O–H groups in total. The molecule has 6 heteroatoms. The first-order valence-electron chi connectivity index (χ1n) is 6.95. The molecule has 2 aromatic carbocycles. The molecule has 1 atom stereocenters. The predicted molar refractivity (Wildman–Crippen MR) is 81.8 cm³/mol. The van der Waals surface area contributed by atoms with E-state index in [-0.39, 0.29) is 11.3 Å². The van der Waals surface area contributed by atoms with Crippen molar-refractivity contribution in [1.82, 2.24) is 0 Å². The van der Waals surface area contributed by atoms with Gasteiger partial charge in [-0.3, -0.25) is 4.79 Å². The van der Waals surface area contributed by atoms with Crippen LogP contribution in [0, 0.1) is 0 Å². The number of hydrogen-bond acceptors (Lipinski definition) is 3. The molecule has 0 fully saturated rings. The number of carbonyl (C=O) groups is 1. The number of anilines is 1. The largest absolute Gasteiger partial charge is 0.497 e. The molecule has 2 rings (SSSR count).